The van der Waals surface area contributed by atoms with Crippen LogP contribution in [-0.4, -0.2) is 22.2 Å². The molecule has 20 heavy (non-hydrogen) atoms. The molecule has 2 N–H and O–H groups in total. The Kier molecular flexibility index (Phi) is 3.96. The van der Waals surface area contributed by atoms with Crippen LogP contribution >= 0.6 is 0 Å². The predicted molar refractivity (Wildman–Crippen MR) is 75.1 cm³/mol. The van der Waals surface area contributed by atoms with Crippen LogP contribution in [0.1, 0.15) is 5.56 Å². The normalized spacial score (nSPS) is 11.1. The molecule has 2 rings (SSSR count). The van der Waals surface area contributed by atoms with E-state index in [0.29, 0.717) is 11.6 Å². The van der Waals surface area contributed by atoms with Gasteiger partial charge < -0.3 is 10.2 Å². The highest BCUT2D eigenvalue weighted by Crippen LogP contribution is 2.22. The van der Waals surface area contributed by atoms with E-state index in [1.807, 2.05) is 30.3 Å². The molecule has 0 aliphatic carbocycles. The lowest BCUT2D eigenvalue weighted by atomic mass is 10.0. The second-order valence-corrected chi connectivity index (χ2v) is 4.14. The molecule has 0 heterocycles. The summed E-state index contributed by atoms with van der Waals surface area (Å²) >= 11 is 0. The molecule has 0 aliphatic heterocycles. The number of carbonyl (C=O) groups is 2. The molecule has 0 saturated heterocycles. The number of rotatable bonds is 4. The Hall–Kier alpha value is -2.88. The zero-order valence-corrected chi connectivity index (χ0v) is 10.5. The maximum absolute atomic E-state index is 11.1. The van der Waals surface area contributed by atoms with Crippen LogP contribution in [0, 0.1) is 0 Å². The predicted octanol–water partition coefficient (Wildman–Crippen LogP) is 2.91. The lowest BCUT2D eigenvalue weighted by Crippen LogP contribution is -2.03. The first-order chi connectivity index (χ1) is 9.58. The molecule has 0 aromatic heterocycles. The van der Waals surface area contributed by atoms with Gasteiger partial charge in [0.15, 0.2) is 0 Å². The summed E-state index contributed by atoms with van der Waals surface area (Å²) < 4.78 is 0. The third-order valence-electron chi connectivity index (χ3n) is 2.80. The van der Waals surface area contributed by atoms with Gasteiger partial charge in [0, 0.05) is 6.08 Å². The highest BCUT2D eigenvalue weighted by atomic mass is 16.4. The largest absolute Gasteiger partial charge is 0.478 e. The second-order valence-electron chi connectivity index (χ2n) is 4.14. The molecule has 0 radical (unpaired) electrons. The third-order valence-corrected chi connectivity index (χ3v) is 2.80. The monoisotopic (exact) mass is 268 g/mol. The summed E-state index contributed by atoms with van der Waals surface area (Å²) in [5.41, 5.74) is 2.07. The average Bonchev–Trinajstić information content (AvgIpc) is 2.45. The van der Waals surface area contributed by atoms with Gasteiger partial charge in [0.25, 0.3) is 0 Å². The van der Waals surface area contributed by atoms with Gasteiger partial charge in [0.2, 0.25) is 0 Å². The highest BCUT2D eigenvalue weighted by molar-refractivity contribution is 6.19. The molecular formula is C16H12O4. The van der Waals surface area contributed by atoms with Gasteiger partial charge in [-0.3, -0.25) is 0 Å². The number of hydrogen-bond donors (Lipinski definition) is 2. The van der Waals surface area contributed by atoms with Crippen molar-refractivity contribution in [2.24, 2.45) is 0 Å². The fourth-order valence-corrected chi connectivity index (χ4v) is 1.86. The lowest BCUT2D eigenvalue weighted by Gasteiger charge is -2.05. The topological polar surface area (TPSA) is 74.6 Å². The summed E-state index contributed by atoms with van der Waals surface area (Å²) in [6.07, 6.45) is 0.694. The van der Waals surface area contributed by atoms with Gasteiger partial charge >= 0.3 is 11.9 Å². The Balaban J connectivity index is 2.37. The Morgan fingerprint density at radius 2 is 1.35 bits per heavy atom. The van der Waals surface area contributed by atoms with Crippen LogP contribution in [0.2, 0.25) is 0 Å². The number of aliphatic carboxylic acids is 2. The van der Waals surface area contributed by atoms with Crippen molar-refractivity contribution in [3.05, 3.63) is 66.2 Å². The Morgan fingerprint density at radius 3 is 1.85 bits per heavy atom. The van der Waals surface area contributed by atoms with E-state index in [4.69, 9.17) is 10.2 Å². The maximum Gasteiger partial charge on any atom is 0.336 e. The fraction of sp³-hybridized carbons (Fsp3) is 0. The molecular weight excluding hydrogens is 256 g/mol. The van der Waals surface area contributed by atoms with Crippen molar-refractivity contribution in [2.45, 2.75) is 0 Å². The minimum Gasteiger partial charge on any atom is -0.478 e. The van der Waals surface area contributed by atoms with Gasteiger partial charge in [0.1, 0.15) is 0 Å². The van der Waals surface area contributed by atoms with Crippen molar-refractivity contribution < 1.29 is 19.8 Å². The molecule has 0 aliphatic rings. The smallest absolute Gasteiger partial charge is 0.336 e. The molecule has 0 bridgehead atoms. The molecule has 0 unspecified atom stereocenters. The van der Waals surface area contributed by atoms with E-state index >= 15 is 0 Å². The Bertz CT molecular complexity index is 655. The van der Waals surface area contributed by atoms with Crippen molar-refractivity contribution >= 4 is 17.5 Å². The van der Waals surface area contributed by atoms with Crippen LogP contribution < -0.4 is 0 Å². The summed E-state index contributed by atoms with van der Waals surface area (Å²) in [6.45, 7) is 0. The van der Waals surface area contributed by atoms with Crippen molar-refractivity contribution in [3.63, 3.8) is 0 Å². The SMILES string of the molecule is O=C(O)/C=C(/C(=O)O)c1ccc(-c2ccccc2)cc1. The summed E-state index contributed by atoms with van der Waals surface area (Å²) in [7, 11) is 0. The van der Waals surface area contributed by atoms with Crippen molar-refractivity contribution in [3.8, 4) is 11.1 Å². The lowest BCUT2D eigenvalue weighted by molar-refractivity contribution is -0.133. The van der Waals surface area contributed by atoms with E-state index in [1.54, 1.807) is 24.3 Å². The maximum atomic E-state index is 11.1. The quantitative estimate of drug-likeness (QED) is 0.836. The van der Waals surface area contributed by atoms with Crippen LogP contribution in [-0.2, 0) is 9.59 Å². The second kappa shape index (κ2) is 5.84. The van der Waals surface area contributed by atoms with E-state index in [-0.39, 0.29) is 5.57 Å². The first-order valence-corrected chi connectivity index (χ1v) is 5.91. The van der Waals surface area contributed by atoms with Crippen LogP contribution in [0.4, 0.5) is 0 Å². The van der Waals surface area contributed by atoms with Gasteiger partial charge in [-0.1, -0.05) is 54.6 Å². The van der Waals surface area contributed by atoms with Gasteiger partial charge in [-0.2, -0.15) is 0 Å². The van der Waals surface area contributed by atoms with Gasteiger partial charge in [-0.25, -0.2) is 9.59 Å². The Labute approximate surface area is 115 Å². The molecule has 0 fully saturated rings. The van der Waals surface area contributed by atoms with Gasteiger partial charge in [-0.15, -0.1) is 0 Å². The molecule has 0 amide bonds. The number of carboxylic acid groups (broad SMARTS) is 2. The number of benzene rings is 2. The van der Waals surface area contributed by atoms with E-state index < -0.39 is 11.9 Å². The zero-order valence-electron chi connectivity index (χ0n) is 10.5. The van der Waals surface area contributed by atoms with Gasteiger partial charge in [0.05, 0.1) is 5.57 Å². The number of carboxylic acids is 2. The van der Waals surface area contributed by atoms with E-state index in [0.717, 1.165) is 11.1 Å². The van der Waals surface area contributed by atoms with Crippen molar-refractivity contribution in [2.75, 3.05) is 0 Å². The molecule has 0 atom stereocenters. The minimum atomic E-state index is -1.28. The van der Waals surface area contributed by atoms with Crippen molar-refractivity contribution in [1.29, 1.82) is 0 Å². The van der Waals surface area contributed by atoms with Crippen LogP contribution in [0.15, 0.2) is 60.7 Å². The third kappa shape index (κ3) is 3.11. The first kappa shape index (κ1) is 13.5. The molecule has 0 saturated carbocycles. The molecule has 0 spiro atoms. The summed E-state index contributed by atoms with van der Waals surface area (Å²) in [6, 6.07) is 16.4. The van der Waals surface area contributed by atoms with Crippen LogP contribution in [0.25, 0.3) is 16.7 Å². The van der Waals surface area contributed by atoms with E-state index in [2.05, 4.69) is 0 Å². The van der Waals surface area contributed by atoms with Gasteiger partial charge in [-0.05, 0) is 16.7 Å². The number of hydrogen-bond acceptors (Lipinski definition) is 2. The fourth-order valence-electron chi connectivity index (χ4n) is 1.86. The first-order valence-electron chi connectivity index (χ1n) is 5.91. The summed E-state index contributed by atoms with van der Waals surface area (Å²) in [4.78, 5) is 21.7. The van der Waals surface area contributed by atoms with Crippen LogP contribution in [0.5, 0.6) is 0 Å². The average molecular weight is 268 g/mol. The van der Waals surface area contributed by atoms with Crippen LogP contribution in [0.3, 0.4) is 0 Å². The van der Waals surface area contributed by atoms with E-state index in [9.17, 15) is 9.59 Å². The minimum absolute atomic E-state index is 0.239. The standard InChI is InChI=1S/C16H12O4/c17-15(18)10-14(16(19)20)13-8-6-12(7-9-13)11-4-2-1-3-5-11/h1-10H,(H,17,18)(H,19,20)/b14-10+. The molecule has 100 valence electrons. The zero-order chi connectivity index (χ0) is 14.5. The summed E-state index contributed by atoms with van der Waals surface area (Å²) in [5.74, 6) is -2.55. The Morgan fingerprint density at radius 1 is 0.800 bits per heavy atom. The molecule has 4 nitrogen and oxygen atoms in total. The molecule has 2 aromatic carbocycles. The summed E-state index contributed by atoms with van der Waals surface area (Å²) in [5, 5.41) is 17.7. The highest BCUT2D eigenvalue weighted by Gasteiger charge is 2.12. The molecule has 2 aromatic rings. The van der Waals surface area contributed by atoms with Crippen molar-refractivity contribution in [1.82, 2.24) is 0 Å². The van der Waals surface area contributed by atoms with E-state index in [1.165, 1.54) is 0 Å². The molecule has 4 heteroatoms.